The van der Waals surface area contributed by atoms with E-state index in [1.165, 1.54) is 0 Å². The number of aromatic amines is 1. The first-order chi connectivity index (χ1) is 7.11. The summed E-state index contributed by atoms with van der Waals surface area (Å²) in [4.78, 5) is 16.5. The van der Waals surface area contributed by atoms with E-state index < -0.39 is 11.0 Å². The minimum absolute atomic E-state index is 1.09. The zero-order valence-electron chi connectivity index (χ0n) is 7.45. The lowest BCUT2D eigenvalue weighted by molar-refractivity contribution is -0.392. The molecule has 0 spiro atoms. The fourth-order valence-electron chi connectivity index (χ4n) is 0.883. The van der Waals surface area contributed by atoms with Crippen molar-refractivity contribution in [3.63, 3.8) is 0 Å². The number of nitrogens with zero attached hydrogens (tertiary/aromatic N) is 2. The number of amides is 1. The Bertz CT molecular complexity index is 437. The van der Waals surface area contributed by atoms with Crippen LogP contribution in [0.3, 0.4) is 0 Å². The fraction of sp³-hybridized carbons (Fsp3) is 0. The first-order valence-electron chi connectivity index (χ1n) is 3.86. The molecule has 1 heterocycles. The van der Waals surface area contributed by atoms with E-state index in [1.807, 2.05) is 30.5 Å². The average molecular weight is 209 g/mol. The Balaban J connectivity index is 0.000000167. The summed E-state index contributed by atoms with van der Waals surface area (Å²) in [7, 11) is 0. The van der Waals surface area contributed by atoms with Crippen LogP contribution in [0.1, 0.15) is 0 Å². The molecule has 7 heteroatoms. The minimum Gasteiger partial charge on any atom is -0.423 e. The third-order valence-corrected chi connectivity index (χ3v) is 1.51. The van der Waals surface area contributed by atoms with E-state index >= 15 is 0 Å². The fourth-order valence-corrected chi connectivity index (χ4v) is 0.883. The second kappa shape index (κ2) is 4.70. The van der Waals surface area contributed by atoms with Gasteiger partial charge in [0.05, 0.1) is 11.7 Å². The average Bonchev–Trinajstić information content (AvgIpc) is 2.66. The van der Waals surface area contributed by atoms with Crippen LogP contribution in [0.2, 0.25) is 0 Å². The molecule has 0 fully saturated rings. The molecule has 1 aromatic heterocycles. The smallest absolute Gasteiger partial charge is 0.423 e. The van der Waals surface area contributed by atoms with Crippen molar-refractivity contribution in [2.75, 3.05) is 0 Å². The maximum Gasteiger partial charge on any atom is 0.654 e. The molecule has 78 valence electrons. The largest absolute Gasteiger partial charge is 0.654 e. The van der Waals surface area contributed by atoms with Gasteiger partial charge in [-0.2, -0.15) is 9.89 Å². The second-order valence-electron chi connectivity index (χ2n) is 2.50. The topological polar surface area (TPSA) is 109 Å². The summed E-state index contributed by atoms with van der Waals surface area (Å²) >= 11 is 0. The summed E-state index contributed by atoms with van der Waals surface area (Å²) in [6, 6.07) is 8.01. The predicted octanol–water partition coefficient (Wildman–Crippen LogP) is 1.50. The normalized spacial score (nSPS) is 9.07. The van der Waals surface area contributed by atoms with Gasteiger partial charge in [-0.05, 0) is 6.07 Å². The zero-order valence-corrected chi connectivity index (χ0v) is 7.45. The number of fused-ring (bicyclic) bond motifs is 1. The van der Waals surface area contributed by atoms with Gasteiger partial charge in [0.2, 0.25) is 0 Å². The highest BCUT2D eigenvalue weighted by molar-refractivity contribution is 5.77. The Morgan fingerprint density at radius 2 is 2.07 bits per heavy atom. The predicted molar refractivity (Wildman–Crippen MR) is 51.1 cm³/mol. The Labute approximate surface area is 83.5 Å². The van der Waals surface area contributed by atoms with Crippen LogP contribution in [-0.4, -0.2) is 26.3 Å². The second-order valence-corrected chi connectivity index (χ2v) is 2.50. The Hall–Kier alpha value is -2.44. The van der Waals surface area contributed by atoms with E-state index in [1.54, 1.807) is 0 Å². The lowest BCUT2D eigenvalue weighted by Gasteiger charge is -1.81. The van der Waals surface area contributed by atoms with Crippen LogP contribution >= 0.6 is 0 Å². The van der Waals surface area contributed by atoms with Crippen molar-refractivity contribution in [3.8, 4) is 0 Å². The van der Waals surface area contributed by atoms with Crippen molar-refractivity contribution in [1.82, 2.24) is 10.2 Å². The molecule has 2 N–H and O–H groups in total. The number of benzene rings is 1. The molecule has 0 aliphatic rings. The molecule has 0 bridgehead atoms. The molecular formula is C8H7N3O4. The summed E-state index contributed by atoms with van der Waals surface area (Å²) in [6.07, 6.45) is -0.204. The molecule has 0 atom stereocenters. The first kappa shape index (κ1) is 10.6. The van der Waals surface area contributed by atoms with E-state index in [9.17, 15) is 0 Å². The molecule has 7 nitrogen and oxygen atoms in total. The summed E-state index contributed by atoms with van der Waals surface area (Å²) in [5.74, 6) is 0. The molecular weight excluding hydrogens is 202 g/mol. The molecule has 1 amide bonds. The van der Waals surface area contributed by atoms with Gasteiger partial charge >= 0.3 is 6.09 Å². The van der Waals surface area contributed by atoms with Crippen LogP contribution in [0.25, 0.3) is 10.9 Å². The third kappa shape index (κ3) is 3.07. The molecule has 15 heavy (non-hydrogen) atoms. The van der Waals surface area contributed by atoms with Crippen molar-refractivity contribution < 1.29 is 14.8 Å². The lowest BCUT2D eigenvalue weighted by atomic mass is 10.3. The number of para-hydroxylation sites is 1. The molecule has 0 saturated heterocycles. The summed E-state index contributed by atoms with van der Waals surface area (Å²) in [6.45, 7) is 0. The minimum atomic E-state index is -2.02. The molecule has 0 aliphatic heterocycles. The standard InChI is InChI=1S/C7H6N2.CHNO4/c1-2-4-7-6(3-1)5-8-9-7;3-1(4)2(5)6/h1-5H,(H,8,9);(H,3,4). The van der Waals surface area contributed by atoms with Crippen molar-refractivity contribution >= 4 is 17.0 Å². The van der Waals surface area contributed by atoms with Crippen LogP contribution in [0.5, 0.6) is 0 Å². The summed E-state index contributed by atoms with van der Waals surface area (Å²) < 4.78 is 0. The number of H-pyrrole nitrogens is 1. The van der Waals surface area contributed by atoms with E-state index in [2.05, 4.69) is 10.2 Å². The molecule has 2 rings (SSSR count). The number of carbonyl (C=O) groups is 1. The van der Waals surface area contributed by atoms with Crippen LogP contribution in [0.4, 0.5) is 4.79 Å². The third-order valence-electron chi connectivity index (χ3n) is 1.51. The van der Waals surface area contributed by atoms with Crippen molar-refractivity contribution in [1.29, 1.82) is 0 Å². The summed E-state index contributed by atoms with van der Waals surface area (Å²) in [5.41, 5.74) is 1.09. The molecule has 0 radical (unpaired) electrons. The number of hydrogen-bond donors (Lipinski definition) is 2. The van der Waals surface area contributed by atoms with Crippen molar-refractivity contribution in [2.24, 2.45) is 0 Å². The van der Waals surface area contributed by atoms with Crippen LogP contribution in [-0.2, 0) is 0 Å². The molecule has 2 aromatic rings. The van der Waals surface area contributed by atoms with Gasteiger partial charge in [-0.25, -0.2) is 0 Å². The maximum absolute atomic E-state index is 9.00. The van der Waals surface area contributed by atoms with Crippen LogP contribution < -0.4 is 0 Å². The lowest BCUT2D eigenvalue weighted by Crippen LogP contribution is -2.05. The molecule has 0 aliphatic carbocycles. The Morgan fingerprint density at radius 3 is 2.60 bits per heavy atom. The number of hydrogen-bond acceptors (Lipinski definition) is 4. The van der Waals surface area contributed by atoms with Crippen molar-refractivity contribution in [2.45, 2.75) is 0 Å². The SMILES string of the molecule is O=C(O)[N+](=O)[O-].c1ccc2[nH]ncc2c1. The first-order valence-corrected chi connectivity index (χ1v) is 3.86. The monoisotopic (exact) mass is 209 g/mol. The van der Waals surface area contributed by atoms with Gasteiger partial charge in [-0.15, -0.1) is 0 Å². The van der Waals surface area contributed by atoms with Gasteiger partial charge in [-0.1, -0.05) is 18.2 Å². The molecule has 1 aromatic carbocycles. The van der Waals surface area contributed by atoms with E-state index in [4.69, 9.17) is 20.0 Å². The zero-order chi connectivity index (χ0) is 11.3. The number of rotatable bonds is 0. The number of carboxylic acid groups (broad SMARTS) is 1. The summed E-state index contributed by atoms with van der Waals surface area (Å²) in [5, 5.41) is 24.1. The number of nitrogens with one attached hydrogen (secondary N) is 1. The van der Waals surface area contributed by atoms with Crippen LogP contribution in [0.15, 0.2) is 30.5 Å². The quantitative estimate of drug-likeness (QED) is 0.504. The van der Waals surface area contributed by atoms with E-state index in [0.717, 1.165) is 10.9 Å². The van der Waals surface area contributed by atoms with E-state index in [0.29, 0.717) is 0 Å². The van der Waals surface area contributed by atoms with Crippen molar-refractivity contribution in [3.05, 3.63) is 40.6 Å². The van der Waals surface area contributed by atoms with Crippen LogP contribution in [0, 0.1) is 10.1 Å². The van der Waals surface area contributed by atoms with Gasteiger partial charge in [0.15, 0.2) is 0 Å². The van der Waals surface area contributed by atoms with Gasteiger partial charge in [0.1, 0.15) is 4.92 Å². The number of nitro groups is 1. The Morgan fingerprint density at radius 1 is 1.47 bits per heavy atom. The molecule has 0 saturated carbocycles. The van der Waals surface area contributed by atoms with Gasteiger partial charge in [0, 0.05) is 5.39 Å². The van der Waals surface area contributed by atoms with Gasteiger partial charge in [0.25, 0.3) is 0 Å². The van der Waals surface area contributed by atoms with E-state index in [-0.39, 0.29) is 0 Å². The highest BCUT2D eigenvalue weighted by Crippen LogP contribution is 2.06. The van der Waals surface area contributed by atoms with Gasteiger partial charge < -0.3 is 5.11 Å². The number of aromatic nitrogens is 2. The maximum atomic E-state index is 9.00. The highest BCUT2D eigenvalue weighted by Gasteiger charge is 2.07. The Kier molecular flexibility index (Phi) is 3.33. The molecule has 0 unspecified atom stereocenters. The van der Waals surface area contributed by atoms with Gasteiger partial charge in [-0.3, -0.25) is 15.2 Å². The highest BCUT2D eigenvalue weighted by atomic mass is 16.7.